The Balaban J connectivity index is 1.83. The molecule has 3 heterocycles. The van der Waals surface area contributed by atoms with E-state index < -0.39 is 0 Å². The van der Waals surface area contributed by atoms with Crippen molar-refractivity contribution in [2.75, 3.05) is 5.32 Å². The summed E-state index contributed by atoms with van der Waals surface area (Å²) in [5.41, 5.74) is 2.24. The van der Waals surface area contributed by atoms with E-state index in [-0.39, 0.29) is 0 Å². The number of thiazole rings is 1. The van der Waals surface area contributed by atoms with Gasteiger partial charge in [0.1, 0.15) is 22.3 Å². The minimum atomic E-state index is 0.464. The number of aryl methyl sites for hydroxylation is 2. The van der Waals surface area contributed by atoms with E-state index in [0.717, 1.165) is 34.3 Å². The van der Waals surface area contributed by atoms with E-state index in [1.165, 1.54) is 11.3 Å². The third-order valence-electron chi connectivity index (χ3n) is 3.94. The molecule has 0 spiro atoms. The number of imidazole rings is 1. The highest BCUT2D eigenvalue weighted by molar-refractivity contribution is 7.18. The van der Waals surface area contributed by atoms with Crippen molar-refractivity contribution in [1.82, 2.24) is 29.7 Å². The van der Waals surface area contributed by atoms with Gasteiger partial charge >= 0.3 is 0 Å². The second-order valence-electron chi connectivity index (χ2n) is 5.80. The van der Waals surface area contributed by atoms with Crippen LogP contribution in [0.15, 0.2) is 36.7 Å². The zero-order chi connectivity index (χ0) is 18.8. The van der Waals surface area contributed by atoms with Crippen molar-refractivity contribution >= 4 is 22.4 Å². The highest BCUT2D eigenvalue weighted by Crippen LogP contribution is 2.36. The lowest BCUT2D eigenvalue weighted by molar-refractivity contribution is 0.901. The van der Waals surface area contributed by atoms with E-state index in [2.05, 4.69) is 38.5 Å². The van der Waals surface area contributed by atoms with E-state index in [1.54, 1.807) is 12.3 Å². The molecule has 27 heavy (non-hydrogen) atoms. The molecule has 0 aliphatic carbocycles. The number of nitriles is 1. The van der Waals surface area contributed by atoms with Crippen molar-refractivity contribution in [1.29, 1.82) is 5.26 Å². The van der Waals surface area contributed by atoms with Gasteiger partial charge in [-0.05, 0) is 19.1 Å². The minimum absolute atomic E-state index is 0.464. The molecule has 0 saturated carbocycles. The first-order valence-electron chi connectivity index (χ1n) is 8.38. The van der Waals surface area contributed by atoms with Gasteiger partial charge in [0, 0.05) is 24.4 Å². The summed E-state index contributed by atoms with van der Waals surface area (Å²) < 4.78 is 2.03. The molecule has 0 saturated heterocycles. The first-order valence-corrected chi connectivity index (χ1v) is 9.19. The number of nitrogens with one attached hydrogen (secondary N) is 2. The Morgan fingerprint density at radius 1 is 1.33 bits per heavy atom. The Kier molecular flexibility index (Phi) is 4.40. The smallest absolute Gasteiger partial charge is 0.248 e. The van der Waals surface area contributed by atoms with Crippen LogP contribution >= 0.6 is 11.3 Å². The summed E-state index contributed by atoms with van der Waals surface area (Å²) in [4.78, 5) is 13.4. The average Bonchev–Trinajstić information content (AvgIpc) is 3.41. The minimum Gasteiger partial charge on any atom is -0.299 e. The van der Waals surface area contributed by atoms with Gasteiger partial charge in [0.15, 0.2) is 5.13 Å². The Hall–Kier alpha value is -3.51. The molecule has 0 bridgehead atoms. The van der Waals surface area contributed by atoms with E-state index in [0.29, 0.717) is 16.6 Å². The van der Waals surface area contributed by atoms with Crippen molar-refractivity contribution < 1.29 is 0 Å². The molecule has 0 radical (unpaired) electrons. The molecule has 0 unspecified atom stereocenters. The number of hydrogen-bond acceptors (Lipinski definition) is 7. The molecule has 0 aliphatic rings. The summed E-state index contributed by atoms with van der Waals surface area (Å²) in [5.74, 6) is 2.13. The number of hydrogen-bond donors (Lipinski definition) is 2. The maximum absolute atomic E-state index is 9.23. The molecule has 4 aromatic rings. The normalized spacial score (nSPS) is 10.7. The van der Waals surface area contributed by atoms with Gasteiger partial charge in [-0.3, -0.25) is 15.0 Å². The van der Waals surface area contributed by atoms with Gasteiger partial charge in [0.05, 0.1) is 11.6 Å². The summed E-state index contributed by atoms with van der Waals surface area (Å²) in [5, 5.41) is 20.9. The van der Waals surface area contributed by atoms with Crippen LogP contribution in [0.1, 0.15) is 24.1 Å². The van der Waals surface area contributed by atoms with Crippen LogP contribution in [0.5, 0.6) is 0 Å². The fraction of sp³-hybridized carbons (Fsp3) is 0.167. The third-order valence-corrected chi connectivity index (χ3v) is 4.91. The zero-order valence-corrected chi connectivity index (χ0v) is 15.6. The molecule has 2 N–H and O–H groups in total. The zero-order valence-electron chi connectivity index (χ0n) is 14.8. The molecule has 134 valence electrons. The summed E-state index contributed by atoms with van der Waals surface area (Å²) in [6.07, 6.45) is 4.50. The van der Waals surface area contributed by atoms with Crippen molar-refractivity contribution in [3.8, 4) is 22.3 Å². The van der Waals surface area contributed by atoms with Crippen molar-refractivity contribution in [2.45, 2.75) is 20.3 Å². The fourth-order valence-electron chi connectivity index (χ4n) is 2.73. The standard InChI is InChI=1S/C18H16N8S/c1-3-14-20-7-8-26(14)16-15(13-6-4-5-12(9-13)10-19)22-18(27-16)23-17-21-11(2)24-25-17/h4-9H,3H2,1-2H3,(H2,21,22,23,24,25). The highest BCUT2D eigenvalue weighted by atomic mass is 32.1. The monoisotopic (exact) mass is 376 g/mol. The molecule has 1 aromatic carbocycles. The van der Waals surface area contributed by atoms with Crippen LogP contribution in [0, 0.1) is 18.3 Å². The highest BCUT2D eigenvalue weighted by Gasteiger charge is 2.18. The Morgan fingerprint density at radius 2 is 2.22 bits per heavy atom. The number of anilines is 2. The van der Waals surface area contributed by atoms with Crippen molar-refractivity contribution in [3.63, 3.8) is 0 Å². The molecule has 0 aliphatic heterocycles. The summed E-state index contributed by atoms with van der Waals surface area (Å²) in [6.45, 7) is 3.90. The number of aromatic amines is 1. The lowest BCUT2D eigenvalue weighted by Gasteiger charge is -2.06. The number of benzene rings is 1. The summed E-state index contributed by atoms with van der Waals surface area (Å²) in [6, 6.07) is 9.60. The predicted molar refractivity (Wildman–Crippen MR) is 103 cm³/mol. The Bertz CT molecular complexity index is 1130. The number of nitrogens with zero attached hydrogens (tertiary/aromatic N) is 6. The van der Waals surface area contributed by atoms with Crippen LogP contribution in [0.2, 0.25) is 0 Å². The van der Waals surface area contributed by atoms with Gasteiger partial charge in [0.2, 0.25) is 5.95 Å². The van der Waals surface area contributed by atoms with Crippen molar-refractivity contribution in [2.24, 2.45) is 0 Å². The van der Waals surface area contributed by atoms with Gasteiger partial charge in [0.25, 0.3) is 0 Å². The van der Waals surface area contributed by atoms with E-state index >= 15 is 0 Å². The van der Waals surface area contributed by atoms with Crippen LogP contribution in [0.3, 0.4) is 0 Å². The Labute approximate surface area is 159 Å². The molecule has 0 amide bonds. The lowest BCUT2D eigenvalue weighted by atomic mass is 10.1. The van der Waals surface area contributed by atoms with E-state index in [4.69, 9.17) is 4.98 Å². The summed E-state index contributed by atoms with van der Waals surface area (Å²) in [7, 11) is 0. The largest absolute Gasteiger partial charge is 0.299 e. The molecule has 9 heteroatoms. The average molecular weight is 376 g/mol. The van der Waals surface area contributed by atoms with Gasteiger partial charge in [-0.15, -0.1) is 5.10 Å². The maximum Gasteiger partial charge on any atom is 0.248 e. The molecular formula is C18H16N8S. The maximum atomic E-state index is 9.23. The van der Waals surface area contributed by atoms with E-state index in [9.17, 15) is 5.26 Å². The predicted octanol–water partition coefficient (Wildman–Crippen LogP) is 3.60. The summed E-state index contributed by atoms with van der Waals surface area (Å²) >= 11 is 1.48. The second kappa shape index (κ2) is 7.01. The Morgan fingerprint density at radius 3 is 2.96 bits per heavy atom. The van der Waals surface area contributed by atoms with Crippen LogP contribution in [-0.4, -0.2) is 29.7 Å². The van der Waals surface area contributed by atoms with Crippen LogP contribution < -0.4 is 5.32 Å². The first-order chi connectivity index (χ1) is 13.2. The molecule has 0 fully saturated rings. The molecule has 3 aromatic heterocycles. The SMILES string of the molecule is CCc1nccn1-c1sc(Nc2n[nH]c(C)n2)nc1-c1cccc(C#N)c1. The van der Waals surface area contributed by atoms with Crippen LogP contribution in [-0.2, 0) is 6.42 Å². The third kappa shape index (κ3) is 3.30. The van der Waals surface area contributed by atoms with Crippen molar-refractivity contribution in [3.05, 3.63) is 53.9 Å². The molecule has 4 rings (SSSR count). The topological polar surface area (TPSA) is 108 Å². The lowest BCUT2D eigenvalue weighted by Crippen LogP contribution is -1.98. The number of H-pyrrole nitrogens is 1. The van der Waals surface area contributed by atoms with Crippen LogP contribution in [0.25, 0.3) is 16.3 Å². The number of aromatic nitrogens is 6. The first kappa shape index (κ1) is 16.9. The number of rotatable bonds is 5. The van der Waals surface area contributed by atoms with Crippen LogP contribution in [0.4, 0.5) is 11.1 Å². The molecule has 8 nitrogen and oxygen atoms in total. The van der Waals surface area contributed by atoms with Gasteiger partial charge in [-0.25, -0.2) is 9.97 Å². The fourth-order valence-corrected chi connectivity index (χ4v) is 3.72. The van der Waals surface area contributed by atoms with Gasteiger partial charge < -0.3 is 0 Å². The quantitative estimate of drug-likeness (QED) is 0.551. The van der Waals surface area contributed by atoms with E-state index in [1.807, 2.05) is 35.9 Å². The molecule has 0 atom stereocenters. The van der Waals surface area contributed by atoms with Gasteiger partial charge in [-0.1, -0.05) is 30.4 Å². The second-order valence-corrected chi connectivity index (χ2v) is 6.78. The molecular weight excluding hydrogens is 360 g/mol. The van der Waals surface area contributed by atoms with Gasteiger partial charge in [-0.2, -0.15) is 10.2 Å².